The van der Waals surface area contributed by atoms with Gasteiger partial charge in [0.1, 0.15) is 17.5 Å². The molecule has 2 aromatic heterocycles. The van der Waals surface area contributed by atoms with Crippen LogP contribution < -0.4 is 22.5 Å². The zero-order valence-corrected chi connectivity index (χ0v) is 34.4. The lowest BCUT2D eigenvalue weighted by atomic mass is 10.0. The molecule has 0 spiro atoms. The van der Waals surface area contributed by atoms with Gasteiger partial charge >= 0.3 is 0 Å². The second-order valence-electron chi connectivity index (χ2n) is 12.5. The number of carbonyl (C=O) groups excluding carboxylic acids is 3. The summed E-state index contributed by atoms with van der Waals surface area (Å²) in [6, 6.07) is 30.7. The lowest BCUT2D eigenvalue weighted by molar-refractivity contribution is -0.116. The Balaban J connectivity index is 0.000000184. The molecule has 0 atom stereocenters. The van der Waals surface area contributed by atoms with Gasteiger partial charge in [0.15, 0.2) is 17.7 Å². The summed E-state index contributed by atoms with van der Waals surface area (Å²) < 4.78 is 40.8. The van der Waals surface area contributed by atoms with Crippen molar-refractivity contribution < 1.29 is 27.6 Å². The molecule has 0 saturated heterocycles. The Morgan fingerprint density at radius 3 is 1.50 bits per heavy atom. The third-order valence-electron chi connectivity index (χ3n) is 8.37. The summed E-state index contributed by atoms with van der Waals surface area (Å²) in [6.07, 6.45) is 3.26. The van der Waals surface area contributed by atoms with Crippen LogP contribution in [0.5, 0.6) is 0 Å². The van der Waals surface area contributed by atoms with Crippen molar-refractivity contribution in [3.63, 3.8) is 0 Å². The number of nitrogen functional groups attached to an aromatic ring is 1. The van der Waals surface area contributed by atoms with Crippen LogP contribution in [0.2, 0.25) is 0 Å². The van der Waals surface area contributed by atoms with E-state index in [1.165, 1.54) is 38.1 Å². The number of halogens is 5. The van der Waals surface area contributed by atoms with Gasteiger partial charge in [-0.15, -0.1) is 12.4 Å². The van der Waals surface area contributed by atoms with Gasteiger partial charge in [-0.25, -0.2) is 23.1 Å². The number of fused-ring (bicyclic) bond motifs is 3. The smallest absolute Gasteiger partial charge is 0.245 e. The highest BCUT2D eigenvalue weighted by Crippen LogP contribution is 2.31. The van der Waals surface area contributed by atoms with E-state index in [4.69, 9.17) is 17.2 Å². The van der Waals surface area contributed by atoms with Gasteiger partial charge in [0.05, 0.1) is 29.1 Å². The molecule has 0 bridgehead atoms. The first-order valence-corrected chi connectivity index (χ1v) is 18.7. The fourth-order valence-corrected chi connectivity index (χ4v) is 6.22. The van der Waals surface area contributed by atoms with Gasteiger partial charge < -0.3 is 27.2 Å². The topological polar surface area (TPSA) is 211 Å². The minimum Gasteiger partial charge on any atom is -0.370 e. The summed E-state index contributed by atoms with van der Waals surface area (Å²) in [5.74, 6) is -0.845. The Labute approximate surface area is 356 Å². The van der Waals surface area contributed by atoms with Gasteiger partial charge in [0, 0.05) is 46.7 Å². The van der Waals surface area contributed by atoms with Crippen LogP contribution in [0.4, 0.5) is 25.1 Å². The number of nitrogens with one attached hydrogen (secondary N) is 3. The second-order valence-corrected chi connectivity index (χ2v) is 13.1. The number of benzene rings is 6. The molecule has 9 N–H and O–H groups in total. The van der Waals surface area contributed by atoms with E-state index >= 15 is 0 Å². The number of imidazole rings is 2. The average Bonchev–Trinajstić information content (AvgIpc) is 3.87. The second kappa shape index (κ2) is 21.1. The molecular weight excluding hydrogens is 863 g/mol. The summed E-state index contributed by atoms with van der Waals surface area (Å²) in [5.41, 5.74) is 19.0. The number of ketones is 1. The number of Topliss-reactive ketones (excluding diaryl/α,β-unsaturated/α-hetero) is 1. The monoisotopic (exact) mass is 899 g/mol. The number of amides is 2. The zero-order valence-electron chi connectivity index (χ0n) is 32.0. The first-order valence-electron chi connectivity index (χ1n) is 17.6. The highest BCUT2D eigenvalue weighted by Gasteiger charge is 2.12. The van der Waals surface area contributed by atoms with Crippen molar-refractivity contribution in [2.75, 3.05) is 16.4 Å². The maximum absolute atomic E-state index is 13.8. The number of aliphatic imine (C=N–C) groups is 1. The predicted octanol–water partition coefficient (Wildman–Crippen LogP) is 9.06. The third kappa shape index (κ3) is 11.5. The normalized spacial score (nSPS) is 10.2. The van der Waals surface area contributed by atoms with E-state index in [0.29, 0.717) is 39.0 Å². The molecule has 8 rings (SSSR count). The number of H-pyrrole nitrogens is 2. The van der Waals surface area contributed by atoms with E-state index in [0.717, 1.165) is 33.3 Å². The van der Waals surface area contributed by atoms with Crippen molar-refractivity contribution in [1.82, 2.24) is 19.9 Å². The summed E-state index contributed by atoms with van der Waals surface area (Å²) in [4.78, 5) is 49.6. The number of hydrogen-bond donors (Lipinski definition) is 6. The Morgan fingerprint density at radius 1 is 0.650 bits per heavy atom. The van der Waals surface area contributed by atoms with E-state index < -0.39 is 0 Å². The highest BCUT2D eigenvalue weighted by atomic mass is 79.9. The molecule has 0 radical (unpaired) electrons. The molecule has 2 heterocycles. The fourth-order valence-electron chi connectivity index (χ4n) is 5.92. The quantitative estimate of drug-likeness (QED) is 0.0424. The molecule has 6 aromatic carbocycles. The lowest BCUT2D eigenvalue weighted by Gasteiger charge is -2.05. The van der Waals surface area contributed by atoms with E-state index in [1.807, 2.05) is 30.3 Å². The number of nitrogens with two attached hydrogens (primary N) is 3. The van der Waals surface area contributed by atoms with Crippen molar-refractivity contribution in [2.24, 2.45) is 16.5 Å². The van der Waals surface area contributed by atoms with Crippen LogP contribution in [-0.4, -0.2) is 48.8 Å². The van der Waals surface area contributed by atoms with Crippen LogP contribution in [-0.2, 0) is 9.59 Å². The molecule has 0 aliphatic rings. The third-order valence-corrected chi connectivity index (χ3v) is 8.88. The summed E-state index contributed by atoms with van der Waals surface area (Å²) in [6.45, 7) is 2.69. The molecule has 2 amide bonds. The first kappa shape index (κ1) is 45.7. The van der Waals surface area contributed by atoms with Gasteiger partial charge in [-0.05, 0) is 52.6 Å². The average molecular weight is 901 g/mol. The molecule has 12 nitrogen and oxygen atoms in total. The Kier molecular flexibility index (Phi) is 16.1. The SMILES string of the molecule is CC(=O)N=C(N)N.CC(=O)Nc1ncc(-c2ccc(F)c3ccccc23)[nH]1.Cl.Nc1ncc(-c2ccc(F)c3ccccc23)[nH]1.O=C(CBr)c1ccc(F)c2ccccc12. The van der Waals surface area contributed by atoms with Gasteiger partial charge in [-0.3, -0.25) is 19.7 Å². The largest absolute Gasteiger partial charge is 0.370 e. The predicted molar refractivity (Wildman–Crippen MR) is 237 cm³/mol. The number of aromatic amines is 2. The van der Waals surface area contributed by atoms with Crippen molar-refractivity contribution in [3.8, 4) is 22.5 Å². The molecule has 60 heavy (non-hydrogen) atoms. The minimum absolute atomic E-state index is 0. The van der Waals surface area contributed by atoms with Crippen molar-refractivity contribution >= 4 is 96.1 Å². The molecule has 0 fully saturated rings. The van der Waals surface area contributed by atoms with E-state index in [-0.39, 0.29) is 58.7 Å². The molecule has 0 unspecified atom stereocenters. The van der Waals surface area contributed by atoms with Crippen molar-refractivity contribution in [1.29, 1.82) is 0 Å². The molecule has 0 aliphatic carbocycles. The Hall–Kier alpha value is -7.04. The number of aromatic nitrogens is 4. The number of guanidine groups is 1. The van der Waals surface area contributed by atoms with Crippen LogP contribution in [0, 0.1) is 17.5 Å². The first-order chi connectivity index (χ1) is 28.3. The number of hydrogen-bond acceptors (Lipinski definition) is 6. The number of rotatable bonds is 5. The fraction of sp³-hybridized carbons (Fsp3) is 0.0698. The van der Waals surface area contributed by atoms with E-state index in [2.05, 4.69) is 46.2 Å². The number of alkyl halides is 1. The zero-order chi connectivity index (χ0) is 42.6. The van der Waals surface area contributed by atoms with Crippen molar-refractivity contribution in [3.05, 3.63) is 145 Å². The van der Waals surface area contributed by atoms with Gasteiger partial charge in [-0.1, -0.05) is 88.7 Å². The standard InChI is InChI=1S/C15H12FN3O.C13H10FN3.C12H8BrFO.C3H7N3O.ClH/c1-9(20)18-15-17-8-14(19-15)12-6-7-13(16)11-5-3-2-4-10(11)12;14-11-6-5-10(12-7-16-13(15)17-12)8-3-1-2-4-9(8)11;13-7-12(15)10-5-6-11(14)9-4-2-1-3-8(9)10;1-2(7)6-3(4)5;/h2-8H,1H3,(H2,17,18,19,20);1-7H,(H3,15,16,17);1-6H,7H2;1H3,(H4,4,5,6,7);1H. The molecule has 0 saturated carbocycles. The van der Waals surface area contributed by atoms with Crippen LogP contribution in [0.15, 0.2) is 127 Å². The van der Waals surface area contributed by atoms with Gasteiger partial charge in [0.2, 0.25) is 17.8 Å². The molecule has 308 valence electrons. The van der Waals surface area contributed by atoms with Crippen LogP contribution in [0.25, 0.3) is 54.8 Å². The minimum atomic E-state index is -0.375. The maximum Gasteiger partial charge on any atom is 0.245 e. The Morgan fingerprint density at radius 2 is 1.08 bits per heavy atom. The van der Waals surface area contributed by atoms with Crippen LogP contribution in [0.1, 0.15) is 24.2 Å². The Bertz CT molecular complexity index is 2830. The summed E-state index contributed by atoms with van der Waals surface area (Å²) >= 11 is 3.11. The molecule has 0 aliphatic heterocycles. The number of carbonyl (C=O) groups is 3. The molecular formula is C43H38BrClF3N9O3. The number of nitrogens with zero attached hydrogens (tertiary/aromatic N) is 3. The van der Waals surface area contributed by atoms with Crippen LogP contribution >= 0.6 is 28.3 Å². The van der Waals surface area contributed by atoms with E-state index in [9.17, 15) is 27.6 Å². The van der Waals surface area contributed by atoms with Gasteiger partial charge in [-0.2, -0.15) is 4.99 Å². The molecule has 17 heteroatoms. The lowest BCUT2D eigenvalue weighted by Crippen LogP contribution is -2.23. The summed E-state index contributed by atoms with van der Waals surface area (Å²) in [5, 5.41) is 6.78. The maximum atomic E-state index is 13.8. The highest BCUT2D eigenvalue weighted by molar-refractivity contribution is 9.09. The van der Waals surface area contributed by atoms with Gasteiger partial charge in [0.25, 0.3) is 0 Å². The number of anilines is 2. The summed E-state index contributed by atoms with van der Waals surface area (Å²) in [7, 11) is 0. The molecule has 8 aromatic rings. The van der Waals surface area contributed by atoms with Crippen LogP contribution in [0.3, 0.4) is 0 Å². The van der Waals surface area contributed by atoms with E-state index in [1.54, 1.807) is 67.0 Å². The van der Waals surface area contributed by atoms with Crippen molar-refractivity contribution in [2.45, 2.75) is 13.8 Å².